The van der Waals surface area contributed by atoms with Gasteiger partial charge < -0.3 is 27.4 Å². The highest BCUT2D eigenvalue weighted by Crippen LogP contribution is 2.09. The first-order valence-corrected chi connectivity index (χ1v) is 4.02. The summed E-state index contributed by atoms with van der Waals surface area (Å²) in [6.07, 6.45) is -0.377. The molecule has 14 heavy (non-hydrogen) atoms. The summed E-state index contributed by atoms with van der Waals surface area (Å²) in [4.78, 5) is 20.6. The third kappa shape index (κ3) is 5.46. The number of aliphatic carboxylic acids is 2. The Bertz CT molecular complexity index is 229. The van der Waals surface area contributed by atoms with Gasteiger partial charge in [0.05, 0.1) is 5.66 Å². The fourth-order valence-electron chi connectivity index (χ4n) is 0.938. The minimum absolute atomic E-state index is 0.0106. The Kier molecular flexibility index (Phi) is 4.48. The Morgan fingerprint density at radius 1 is 1.29 bits per heavy atom. The van der Waals surface area contributed by atoms with Crippen LogP contribution in [0.15, 0.2) is 0 Å². The third-order valence-electron chi connectivity index (χ3n) is 1.72. The molecule has 0 rings (SSSR count). The van der Waals surface area contributed by atoms with Crippen molar-refractivity contribution < 1.29 is 19.8 Å². The molecule has 0 aliphatic heterocycles. The molecule has 0 heterocycles. The van der Waals surface area contributed by atoms with Gasteiger partial charge in [0.1, 0.15) is 6.04 Å². The number of carbonyl (C=O) groups is 2. The third-order valence-corrected chi connectivity index (χ3v) is 1.72. The monoisotopic (exact) mass is 205 g/mol. The van der Waals surface area contributed by atoms with Crippen LogP contribution < -0.4 is 17.2 Å². The van der Waals surface area contributed by atoms with E-state index in [0.29, 0.717) is 0 Å². The van der Waals surface area contributed by atoms with Gasteiger partial charge in [0.2, 0.25) is 0 Å². The number of rotatable bonds is 6. The SMILES string of the molecule is NC(CC(N)(N)CCC(=O)O)C(=O)O. The zero-order chi connectivity index (χ0) is 11.4. The van der Waals surface area contributed by atoms with Crippen LogP contribution in [0.1, 0.15) is 19.3 Å². The smallest absolute Gasteiger partial charge is 0.320 e. The van der Waals surface area contributed by atoms with E-state index in [2.05, 4.69) is 0 Å². The van der Waals surface area contributed by atoms with Gasteiger partial charge in [-0.05, 0) is 6.42 Å². The molecule has 0 aromatic carbocycles. The molecule has 0 radical (unpaired) electrons. The molecule has 1 unspecified atom stereocenters. The molecule has 0 bridgehead atoms. The Hall–Kier alpha value is -1.18. The van der Waals surface area contributed by atoms with E-state index in [1.54, 1.807) is 0 Å². The topological polar surface area (TPSA) is 153 Å². The molecule has 7 nitrogen and oxygen atoms in total. The molecule has 1 atom stereocenters. The molecule has 8 N–H and O–H groups in total. The molecule has 0 amide bonds. The first-order chi connectivity index (χ1) is 6.24. The minimum atomic E-state index is -1.35. The molecule has 0 saturated heterocycles. The van der Waals surface area contributed by atoms with Gasteiger partial charge >= 0.3 is 11.9 Å². The van der Waals surface area contributed by atoms with Crippen molar-refractivity contribution >= 4 is 11.9 Å². The molecule has 0 aliphatic carbocycles. The maximum Gasteiger partial charge on any atom is 0.320 e. The van der Waals surface area contributed by atoms with Gasteiger partial charge in [-0.2, -0.15) is 0 Å². The van der Waals surface area contributed by atoms with Crippen molar-refractivity contribution in [1.29, 1.82) is 0 Å². The summed E-state index contributed by atoms with van der Waals surface area (Å²) in [5.74, 6) is -2.24. The van der Waals surface area contributed by atoms with Crippen LogP contribution in [0.4, 0.5) is 0 Å². The van der Waals surface area contributed by atoms with Gasteiger partial charge in [0, 0.05) is 12.8 Å². The van der Waals surface area contributed by atoms with Gasteiger partial charge in [-0.25, -0.2) is 0 Å². The van der Waals surface area contributed by atoms with E-state index in [9.17, 15) is 9.59 Å². The van der Waals surface area contributed by atoms with Crippen molar-refractivity contribution in [2.75, 3.05) is 0 Å². The molecule has 0 aromatic rings. The van der Waals surface area contributed by atoms with E-state index in [4.69, 9.17) is 27.4 Å². The summed E-state index contributed by atoms with van der Waals surface area (Å²) in [5, 5.41) is 16.8. The number of nitrogens with two attached hydrogens (primary N) is 3. The Morgan fingerprint density at radius 2 is 1.79 bits per heavy atom. The van der Waals surface area contributed by atoms with Crippen molar-refractivity contribution in [3.05, 3.63) is 0 Å². The predicted molar refractivity (Wildman–Crippen MR) is 48.2 cm³/mol. The van der Waals surface area contributed by atoms with Crippen molar-refractivity contribution in [2.45, 2.75) is 31.0 Å². The summed E-state index contributed by atoms with van der Waals surface area (Å²) in [6.45, 7) is 0. The molecule has 0 aromatic heterocycles. The van der Waals surface area contributed by atoms with E-state index in [1.165, 1.54) is 0 Å². The van der Waals surface area contributed by atoms with Crippen molar-refractivity contribution in [2.24, 2.45) is 17.2 Å². The molecule has 7 heteroatoms. The van der Waals surface area contributed by atoms with Gasteiger partial charge in [0.25, 0.3) is 0 Å². The zero-order valence-corrected chi connectivity index (χ0v) is 7.64. The quantitative estimate of drug-likeness (QED) is 0.323. The van der Waals surface area contributed by atoms with E-state index in [0.717, 1.165) is 0 Å². The van der Waals surface area contributed by atoms with Gasteiger partial charge in [0.15, 0.2) is 0 Å². The lowest BCUT2D eigenvalue weighted by atomic mass is 9.97. The van der Waals surface area contributed by atoms with Crippen LogP contribution in [0.2, 0.25) is 0 Å². The van der Waals surface area contributed by atoms with Crippen LogP contribution in [0, 0.1) is 0 Å². The standard InChI is InChI=1S/C7H15N3O4/c8-4(6(13)14)3-7(9,10)2-1-5(11)12/h4H,1-3,8-10H2,(H,11,12)(H,13,14). The lowest BCUT2D eigenvalue weighted by molar-refractivity contribution is -0.139. The minimum Gasteiger partial charge on any atom is -0.481 e. The van der Waals surface area contributed by atoms with Crippen LogP contribution in [-0.4, -0.2) is 33.9 Å². The highest BCUT2D eigenvalue weighted by Gasteiger charge is 2.26. The average molecular weight is 205 g/mol. The number of carboxylic acids is 2. The first-order valence-electron chi connectivity index (χ1n) is 4.02. The molecule has 82 valence electrons. The lowest BCUT2D eigenvalue weighted by Gasteiger charge is -2.25. The molecule has 0 spiro atoms. The van der Waals surface area contributed by atoms with Crippen LogP contribution in [0.3, 0.4) is 0 Å². The van der Waals surface area contributed by atoms with Crippen LogP contribution >= 0.6 is 0 Å². The fourth-order valence-corrected chi connectivity index (χ4v) is 0.938. The van der Waals surface area contributed by atoms with E-state index in [-0.39, 0.29) is 19.3 Å². The molecular formula is C7H15N3O4. The van der Waals surface area contributed by atoms with E-state index in [1.807, 2.05) is 0 Å². The largest absolute Gasteiger partial charge is 0.481 e. The predicted octanol–water partition coefficient (Wildman–Crippen LogP) is -1.73. The van der Waals surface area contributed by atoms with Crippen molar-refractivity contribution in [3.8, 4) is 0 Å². The second-order valence-electron chi connectivity index (χ2n) is 3.28. The molecular weight excluding hydrogens is 190 g/mol. The second kappa shape index (κ2) is 4.89. The second-order valence-corrected chi connectivity index (χ2v) is 3.28. The summed E-state index contributed by atoms with van der Waals surface area (Å²) < 4.78 is 0. The number of hydrogen-bond donors (Lipinski definition) is 5. The summed E-state index contributed by atoms with van der Waals surface area (Å²) >= 11 is 0. The van der Waals surface area contributed by atoms with Crippen LogP contribution in [0.5, 0.6) is 0 Å². The Labute approximate surface area is 80.9 Å². The van der Waals surface area contributed by atoms with Gasteiger partial charge in [-0.15, -0.1) is 0 Å². The normalized spacial score (nSPS) is 13.6. The highest BCUT2D eigenvalue weighted by molar-refractivity contribution is 5.73. The van der Waals surface area contributed by atoms with Crippen molar-refractivity contribution in [1.82, 2.24) is 0 Å². The molecule has 0 saturated carbocycles. The zero-order valence-electron chi connectivity index (χ0n) is 7.64. The van der Waals surface area contributed by atoms with Crippen molar-refractivity contribution in [3.63, 3.8) is 0 Å². The maximum absolute atomic E-state index is 10.4. The number of carboxylic acid groups (broad SMARTS) is 2. The van der Waals surface area contributed by atoms with Crippen LogP contribution in [0.25, 0.3) is 0 Å². The summed E-state index contributed by atoms with van der Waals surface area (Å²) in [7, 11) is 0. The Balaban J connectivity index is 4.06. The summed E-state index contributed by atoms with van der Waals surface area (Å²) in [6, 6.07) is -1.17. The Morgan fingerprint density at radius 3 is 2.14 bits per heavy atom. The number of hydrogen-bond acceptors (Lipinski definition) is 5. The van der Waals surface area contributed by atoms with Gasteiger partial charge in [-0.3, -0.25) is 9.59 Å². The fraction of sp³-hybridized carbons (Fsp3) is 0.714. The van der Waals surface area contributed by atoms with Gasteiger partial charge in [-0.1, -0.05) is 0 Å². The van der Waals surface area contributed by atoms with Crippen LogP contribution in [-0.2, 0) is 9.59 Å². The molecule has 0 fully saturated rings. The average Bonchev–Trinajstić information content (AvgIpc) is 2.00. The van der Waals surface area contributed by atoms with E-state index < -0.39 is 23.6 Å². The van der Waals surface area contributed by atoms with E-state index >= 15 is 0 Å². The molecule has 0 aliphatic rings. The summed E-state index contributed by atoms with van der Waals surface area (Å²) in [5.41, 5.74) is 14.8. The maximum atomic E-state index is 10.4. The lowest BCUT2D eigenvalue weighted by Crippen LogP contribution is -2.54. The highest BCUT2D eigenvalue weighted by atomic mass is 16.4. The first kappa shape index (κ1) is 12.8.